The zero-order valence-electron chi connectivity index (χ0n) is 35.0. The number of aromatic nitrogens is 1. The Balaban J connectivity index is 1.96. The van der Waals surface area contributed by atoms with Gasteiger partial charge in [0.15, 0.2) is 6.10 Å². The summed E-state index contributed by atoms with van der Waals surface area (Å²) in [6, 6.07) is 3.47. The van der Waals surface area contributed by atoms with Gasteiger partial charge in [-0.2, -0.15) is 0 Å². The third-order valence-electron chi connectivity index (χ3n) is 10.6. The third kappa shape index (κ3) is 13.5. The number of esters is 1. The highest BCUT2D eigenvalue weighted by Gasteiger charge is 2.43. The van der Waals surface area contributed by atoms with Crippen LogP contribution in [0.2, 0.25) is 0 Å². The van der Waals surface area contributed by atoms with Gasteiger partial charge in [-0.1, -0.05) is 40.2 Å². The molecule has 0 saturated carbocycles. The van der Waals surface area contributed by atoms with E-state index in [-0.39, 0.29) is 49.2 Å². The van der Waals surface area contributed by atoms with Gasteiger partial charge in [0.1, 0.15) is 22.6 Å². The maximum Gasteiger partial charge on any atom is 0.309 e. The number of hydrogen-bond donors (Lipinski definition) is 5. The third-order valence-corrected chi connectivity index (χ3v) is 11.5. The van der Waals surface area contributed by atoms with Crippen LogP contribution in [0.5, 0.6) is 0 Å². The number of hydroxylamine groups is 2. The summed E-state index contributed by atoms with van der Waals surface area (Å²) in [5, 5.41) is 22.1. The Hall–Kier alpha value is -4.59. The van der Waals surface area contributed by atoms with E-state index in [9.17, 15) is 33.5 Å². The van der Waals surface area contributed by atoms with Crippen LogP contribution >= 0.6 is 11.3 Å². The molecule has 0 spiro atoms. The number of aliphatic carboxylic acids is 1. The minimum absolute atomic E-state index is 0.0273. The molecule has 1 aliphatic heterocycles. The Morgan fingerprint density at radius 3 is 2.48 bits per heavy atom. The van der Waals surface area contributed by atoms with E-state index in [2.05, 4.69) is 26.9 Å². The normalized spacial score (nSPS) is 18.0. The van der Waals surface area contributed by atoms with Crippen molar-refractivity contribution in [2.24, 2.45) is 29.1 Å². The lowest BCUT2D eigenvalue weighted by atomic mass is 9.80. The number of nitrogens with two attached hydrogens (primary N) is 1. The van der Waals surface area contributed by atoms with Crippen molar-refractivity contribution in [3.63, 3.8) is 0 Å². The van der Waals surface area contributed by atoms with Crippen LogP contribution in [0.1, 0.15) is 117 Å². The van der Waals surface area contributed by atoms with Crippen molar-refractivity contribution in [1.29, 1.82) is 0 Å². The second-order valence-electron chi connectivity index (χ2n) is 16.4. The number of amides is 3. The molecule has 1 aromatic heterocycles. The number of hydrogen-bond acceptors (Lipinski definition) is 11. The molecule has 0 aliphatic carbocycles. The molecule has 0 radical (unpaired) electrons. The number of anilines is 2. The maximum absolute atomic E-state index is 14.7. The molecule has 320 valence electrons. The zero-order valence-corrected chi connectivity index (χ0v) is 35.8. The average Bonchev–Trinajstić information content (AvgIpc) is 3.79. The lowest BCUT2D eigenvalue weighted by molar-refractivity contribution is -0.215. The van der Waals surface area contributed by atoms with Gasteiger partial charge in [-0.3, -0.25) is 34.1 Å². The summed E-state index contributed by atoms with van der Waals surface area (Å²) in [6.07, 6.45) is 7.48. The second kappa shape index (κ2) is 21.4. The summed E-state index contributed by atoms with van der Waals surface area (Å²) in [7, 11) is 0. The fourth-order valence-electron chi connectivity index (χ4n) is 6.92. The molecular formula is C42H61FN6O8S. The van der Waals surface area contributed by atoms with Crippen LogP contribution in [0.15, 0.2) is 23.6 Å². The molecule has 14 nitrogen and oxygen atoms in total. The summed E-state index contributed by atoms with van der Waals surface area (Å²) < 4.78 is 20.1. The Bertz CT molecular complexity index is 1790. The first kappa shape index (κ1) is 47.8. The van der Waals surface area contributed by atoms with E-state index in [1.54, 1.807) is 11.4 Å². The minimum atomic E-state index is -1.29. The molecule has 16 heteroatoms. The number of unbranched alkanes of at least 4 members (excludes halogenated alkanes) is 1. The first-order valence-electron chi connectivity index (χ1n) is 19.9. The summed E-state index contributed by atoms with van der Waals surface area (Å²) in [5.41, 5.74) is 4.10. The number of halogens is 1. The number of nitrogen functional groups attached to an aromatic ring is 1. The molecule has 1 fully saturated rings. The van der Waals surface area contributed by atoms with Crippen molar-refractivity contribution in [3.05, 3.63) is 40.0 Å². The Morgan fingerprint density at radius 2 is 1.91 bits per heavy atom. The molecule has 1 aliphatic rings. The number of carbonyl (C=O) groups excluding carboxylic acids is 4. The molecule has 3 rings (SSSR count). The van der Waals surface area contributed by atoms with Gasteiger partial charge >= 0.3 is 11.9 Å². The van der Waals surface area contributed by atoms with E-state index in [4.69, 9.17) is 21.7 Å². The van der Waals surface area contributed by atoms with Crippen LogP contribution in [0, 0.1) is 47.2 Å². The summed E-state index contributed by atoms with van der Waals surface area (Å²) in [5.74, 6) is -3.74. The van der Waals surface area contributed by atoms with Crippen LogP contribution < -0.4 is 21.7 Å². The second-order valence-corrected chi connectivity index (χ2v) is 17.3. The highest BCUT2D eigenvalue weighted by Crippen LogP contribution is 2.35. The van der Waals surface area contributed by atoms with E-state index in [0.29, 0.717) is 36.3 Å². The van der Waals surface area contributed by atoms with Gasteiger partial charge in [0, 0.05) is 31.1 Å². The summed E-state index contributed by atoms with van der Waals surface area (Å²) >= 11 is 1.12. The molecule has 0 bridgehead atoms. The van der Waals surface area contributed by atoms with Crippen LogP contribution in [-0.4, -0.2) is 69.7 Å². The topological polar surface area (TPSA) is 202 Å². The molecule has 2 heterocycles. The van der Waals surface area contributed by atoms with Crippen molar-refractivity contribution >= 4 is 52.5 Å². The monoisotopic (exact) mass is 828 g/mol. The lowest BCUT2D eigenvalue weighted by Gasteiger charge is -2.38. The number of rotatable bonds is 22. The fraction of sp³-hybridized carbons (Fsp3) is 0.619. The first-order valence-corrected chi connectivity index (χ1v) is 20.8. The number of nitrogens with one attached hydrogen (secondary N) is 3. The number of terminal acetylenes is 1. The predicted molar refractivity (Wildman–Crippen MR) is 220 cm³/mol. The molecule has 2 aromatic rings. The van der Waals surface area contributed by atoms with E-state index in [1.165, 1.54) is 38.0 Å². The molecule has 3 amide bonds. The minimum Gasteiger partial charge on any atom is -0.481 e. The van der Waals surface area contributed by atoms with Gasteiger partial charge in [-0.05, 0) is 89.0 Å². The molecule has 58 heavy (non-hydrogen) atoms. The van der Waals surface area contributed by atoms with E-state index in [0.717, 1.165) is 24.3 Å². The number of carbonyl (C=O) groups is 5. The van der Waals surface area contributed by atoms with E-state index < -0.39 is 70.5 Å². The molecular weight excluding hydrogens is 768 g/mol. The van der Waals surface area contributed by atoms with Crippen LogP contribution in [0.25, 0.3) is 0 Å². The number of benzene rings is 1. The van der Waals surface area contributed by atoms with Crippen molar-refractivity contribution in [1.82, 2.24) is 20.7 Å². The van der Waals surface area contributed by atoms with Gasteiger partial charge in [0.25, 0.3) is 5.91 Å². The molecule has 6 N–H and O–H groups in total. The smallest absolute Gasteiger partial charge is 0.309 e. The summed E-state index contributed by atoms with van der Waals surface area (Å²) in [6.45, 7) is 14.5. The lowest BCUT2D eigenvalue weighted by Crippen LogP contribution is -2.58. The van der Waals surface area contributed by atoms with Crippen molar-refractivity contribution < 1.29 is 43.0 Å². The molecule has 1 saturated heterocycles. The Kier molecular flexibility index (Phi) is 17.6. The quantitative estimate of drug-likeness (QED) is 0.0225. The molecule has 6 atom stereocenters. The fourth-order valence-corrected chi connectivity index (χ4v) is 7.71. The Morgan fingerprint density at radius 1 is 1.21 bits per heavy atom. The standard InChI is InChI=1S/C42H61FN6O8S/c1-10-12-13-19-56-49(39(53)35(26(5)11-2)37(52)48-42(9)17-14-18-45-42)32(25(3)4)22-33(57-27(6)50)38-47-34(24-58-38)46-36(51)29(23-41(7,8)40(54)55)20-28-15-16-31(44)30(43)21-28/h1,15-16,21,24-26,29,32-33,35,45H,11-14,17-20,22-23,44H2,2-9H3,(H,46,51)(H,48,52)(H,54,55)/t26-,29-,32+,33+,35-,42+/m0/s1. The number of carboxylic acid groups (broad SMARTS) is 1. The van der Waals surface area contributed by atoms with Gasteiger partial charge in [0.05, 0.1) is 29.4 Å². The van der Waals surface area contributed by atoms with Crippen LogP contribution in [0.4, 0.5) is 15.9 Å². The van der Waals surface area contributed by atoms with Crippen molar-refractivity contribution in [3.8, 4) is 12.3 Å². The largest absolute Gasteiger partial charge is 0.481 e. The van der Waals surface area contributed by atoms with Gasteiger partial charge in [-0.25, -0.2) is 14.4 Å². The van der Waals surface area contributed by atoms with Crippen molar-refractivity contribution in [2.75, 3.05) is 24.2 Å². The maximum atomic E-state index is 14.7. The van der Waals surface area contributed by atoms with Crippen LogP contribution in [0.3, 0.4) is 0 Å². The van der Waals surface area contributed by atoms with Crippen LogP contribution in [-0.2, 0) is 40.0 Å². The number of carboxylic acids is 1. The summed E-state index contributed by atoms with van der Waals surface area (Å²) in [4.78, 5) is 77.8. The van der Waals surface area contributed by atoms with Gasteiger partial charge in [0.2, 0.25) is 11.8 Å². The highest BCUT2D eigenvalue weighted by atomic mass is 32.1. The van der Waals surface area contributed by atoms with E-state index >= 15 is 0 Å². The number of thiazole rings is 1. The number of nitrogens with zero attached hydrogens (tertiary/aromatic N) is 2. The van der Waals surface area contributed by atoms with Gasteiger partial charge < -0.3 is 26.2 Å². The molecule has 0 unspecified atom stereocenters. The van der Waals surface area contributed by atoms with Gasteiger partial charge in [-0.15, -0.1) is 23.7 Å². The zero-order chi connectivity index (χ0) is 43.4. The Labute approximate surface area is 345 Å². The SMILES string of the molecule is C#CCCCON(C(=O)[C@H](C(=O)N[C@]1(C)CCCN1)[C@@H](C)CC)[C@H](C[C@@H](OC(C)=O)c1nc(NC(=O)[C@@H](Cc2ccc(N)c(F)c2)CC(C)(C)C(=O)O)cs1)C(C)C. The predicted octanol–water partition coefficient (Wildman–Crippen LogP) is 6.23. The van der Waals surface area contributed by atoms with Crippen molar-refractivity contribution in [2.45, 2.75) is 125 Å². The number of ether oxygens (including phenoxy) is 1. The van der Waals surface area contributed by atoms with E-state index in [1.807, 2.05) is 34.6 Å². The first-order chi connectivity index (χ1) is 27.2. The molecule has 1 aromatic carbocycles. The average molecular weight is 829 g/mol. The highest BCUT2D eigenvalue weighted by molar-refractivity contribution is 7.10.